The minimum Gasteiger partial charge on any atom is -0.378 e. The van der Waals surface area contributed by atoms with Crippen LogP contribution in [-0.2, 0) is 15.7 Å². The Morgan fingerprint density at radius 2 is 1.93 bits per heavy atom. The van der Waals surface area contributed by atoms with E-state index in [9.17, 15) is 22.8 Å². The van der Waals surface area contributed by atoms with Gasteiger partial charge in [-0.1, -0.05) is 6.07 Å². The zero-order valence-electron chi connectivity index (χ0n) is 16.1. The van der Waals surface area contributed by atoms with Crippen LogP contribution in [0.5, 0.6) is 0 Å². The second kappa shape index (κ2) is 9.94. The molecule has 30 heavy (non-hydrogen) atoms. The number of alkyl halides is 3. The second-order valence-electron chi connectivity index (χ2n) is 6.71. The van der Waals surface area contributed by atoms with Gasteiger partial charge in [0.1, 0.15) is 0 Å². The zero-order chi connectivity index (χ0) is 21.6. The van der Waals surface area contributed by atoms with Gasteiger partial charge >= 0.3 is 6.18 Å². The quantitative estimate of drug-likeness (QED) is 0.642. The Hall–Kier alpha value is -2.59. The van der Waals surface area contributed by atoms with Crippen LogP contribution in [0.3, 0.4) is 0 Å². The molecule has 1 saturated heterocycles. The number of morpholine rings is 1. The van der Waals surface area contributed by atoms with E-state index >= 15 is 0 Å². The van der Waals surface area contributed by atoms with E-state index in [1.807, 2.05) is 4.90 Å². The highest BCUT2D eigenvalue weighted by molar-refractivity contribution is 7.12. The third kappa shape index (κ3) is 5.96. The third-order valence-corrected chi connectivity index (χ3v) is 5.43. The fraction of sp³-hybridized carbons (Fsp3) is 0.400. The molecule has 0 spiro atoms. The van der Waals surface area contributed by atoms with Crippen LogP contribution in [0.25, 0.3) is 0 Å². The highest BCUT2D eigenvalue weighted by Gasteiger charge is 2.31. The van der Waals surface area contributed by atoms with Crippen molar-refractivity contribution in [1.82, 2.24) is 5.32 Å². The van der Waals surface area contributed by atoms with Crippen molar-refractivity contribution in [2.45, 2.75) is 19.0 Å². The lowest BCUT2D eigenvalue weighted by Gasteiger charge is -2.31. The van der Waals surface area contributed by atoms with Crippen LogP contribution >= 0.6 is 11.3 Å². The first-order valence-electron chi connectivity index (χ1n) is 9.50. The lowest BCUT2D eigenvalue weighted by molar-refractivity contribution is -0.137. The van der Waals surface area contributed by atoms with Crippen LogP contribution in [-0.4, -0.2) is 44.7 Å². The van der Waals surface area contributed by atoms with Crippen molar-refractivity contribution in [2.75, 3.05) is 43.1 Å². The molecule has 1 aromatic carbocycles. The molecule has 1 aliphatic heterocycles. The van der Waals surface area contributed by atoms with Crippen molar-refractivity contribution in [1.29, 1.82) is 0 Å². The maximum absolute atomic E-state index is 13.1. The summed E-state index contributed by atoms with van der Waals surface area (Å²) in [7, 11) is 0. The highest BCUT2D eigenvalue weighted by Crippen LogP contribution is 2.35. The number of hydrogen-bond acceptors (Lipinski definition) is 5. The summed E-state index contributed by atoms with van der Waals surface area (Å²) in [5.74, 6) is -0.618. The maximum atomic E-state index is 13.1. The summed E-state index contributed by atoms with van der Waals surface area (Å²) in [6.45, 7) is 2.30. The molecule has 2 N–H and O–H groups in total. The second-order valence-corrected chi connectivity index (χ2v) is 7.66. The molecule has 1 aromatic heterocycles. The number of carbonyl (C=O) groups excluding carboxylic acids is 2. The van der Waals surface area contributed by atoms with E-state index in [-0.39, 0.29) is 18.0 Å². The van der Waals surface area contributed by atoms with Crippen LogP contribution in [0, 0.1) is 0 Å². The fourth-order valence-electron chi connectivity index (χ4n) is 3.05. The molecule has 10 heteroatoms. The van der Waals surface area contributed by atoms with Crippen LogP contribution in [0.15, 0.2) is 35.7 Å². The molecule has 0 saturated carbocycles. The van der Waals surface area contributed by atoms with Gasteiger partial charge in [0.15, 0.2) is 0 Å². The van der Waals surface area contributed by atoms with E-state index < -0.39 is 17.6 Å². The Balaban J connectivity index is 1.60. The van der Waals surface area contributed by atoms with Gasteiger partial charge in [0.25, 0.3) is 5.91 Å². The minimum atomic E-state index is -4.50. The van der Waals surface area contributed by atoms with Gasteiger partial charge in [0.05, 0.1) is 35.0 Å². The van der Waals surface area contributed by atoms with Crippen molar-refractivity contribution < 1.29 is 27.5 Å². The number of anilines is 2. The van der Waals surface area contributed by atoms with Crippen LogP contribution in [0.2, 0.25) is 0 Å². The molecule has 0 atom stereocenters. The van der Waals surface area contributed by atoms with Gasteiger partial charge in [-0.15, -0.1) is 11.3 Å². The molecule has 3 rings (SSSR count). The Bertz CT molecular complexity index is 866. The lowest BCUT2D eigenvalue weighted by atomic mass is 10.1. The van der Waals surface area contributed by atoms with Gasteiger partial charge in [-0.3, -0.25) is 9.59 Å². The van der Waals surface area contributed by atoms with Crippen LogP contribution in [0.4, 0.5) is 24.5 Å². The van der Waals surface area contributed by atoms with Gasteiger partial charge in [-0.25, -0.2) is 0 Å². The number of halogens is 3. The molecule has 0 bridgehead atoms. The van der Waals surface area contributed by atoms with E-state index in [1.54, 1.807) is 17.5 Å². The van der Waals surface area contributed by atoms with E-state index in [4.69, 9.17) is 4.74 Å². The molecule has 0 aliphatic carbocycles. The molecule has 1 fully saturated rings. The molecule has 0 radical (unpaired) electrons. The molecule has 162 valence electrons. The van der Waals surface area contributed by atoms with Gasteiger partial charge in [-0.05, 0) is 36.1 Å². The van der Waals surface area contributed by atoms with Crippen molar-refractivity contribution in [3.8, 4) is 0 Å². The van der Waals surface area contributed by atoms with Gasteiger partial charge in [-0.2, -0.15) is 13.2 Å². The molecule has 2 aromatic rings. The highest BCUT2D eigenvalue weighted by atomic mass is 32.1. The Labute approximate surface area is 176 Å². The van der Waals surface area contributed by atoms with Crippen molar-refractivity contribution >= 4 is 34.5 Å². The van der Waals surface area contributed by atoms with E-state index in [0.717, 1.165) is 12.1 Å². The van der Waals surface area contributed by atoms with E-state index in [2.05, 4.69) is 10.6 Å². The first-order chi connectivity index (χ1) is 14.3. The fourth-order valence-corrected chi connectivity index (χ4v) is 3.69. The van der Waals surface area contributed by atoms with Gasteiger partial charge in [0, 0.05) is 26.1 Å². The molecule has 2 amide bonds. The average molecular weight is 441 g/mol. The standard InChI is InChI=1S/C20H22F3N3O3S/c21-20(22,23)14-5-6-16(26-8-10-29-11-9-26)15(13-14)25-18(27)4-1-7-24-19(28)17-3-2-12-30-17/h2-3,5-6,12-13H,1,4,7-11H2,(H,24,28)(H,25,27). The number of amides is 2. The molecule has 1 aliphatic rings. The number of thiophene rings is 1. The minimum absolute atomic E-state index is 0.0729. The largest absolute Gasteiger partial charge is 0.416 e. The SMILES string of the molecule is O=C(CCCNC(=O)c1cccs1)Nc1cc(C(F)(F)F)ccc1N1CCOCC1. The maximum Gasteiger partial charge on any atom is 0.416 e. The number of nitrogens with zero attached hydrogens (tertiary/aromatic N) is 1. The third-order valence-electron chi connectivity index (χ3n) is 4.56. The Kier molecular flexibility index (Phi) is 7.33. The molecule has 6 nitrogen and oxygen atoms in total. The smallest absolute Gasteiger partial charge is 0.378 e. The van der Waals surface area contributed by atoms with Gasteiger partial charge in [0.2, 0.25) is 5.91 Å². The monoisotopic (exact) mass is 441 g/mol. The normalized spacial score (nSPS) is 14.4. The number of nitrogens with one attached hydrogen (secondary N) is 2. The summed E-state index contributed by atoms with van der Waals surface area (Å²) in [5.41, 5.74) is -0.164. The van der Waals surface area contributed by atoms with E-state index in [0.29, 0.717) is 49.8 Å². The Morgan fingerprint density at radius 1 is 1.17 bits per heavy atom. The number of ether oxygens (including phenoxy) is 1. The van der Waals surface area contributed by atoms with Crippen molar-refractivity contribution in [3.63, 3.8) is 0 Å². The van der Waals surface area contributed by atoms with Crippen molar-refractivity contribution in [3.05, 3.63) is 46.2 Å². The van der Waals surface area contributed by atoms with Gasteiger partial charge < -0.3 is 20.3 Å². The molecular formula is C20H22F3N3O3S. The number of rotatable bonds is 7. The summed E-state index contributed by atoms with van der Waals surface area (Å²) in [4.78, 5) is 26.7. The summed E-state index contributed by atoms with van der Waals surface area (Å²) in [6.07, 6.45) is -4.06. The Morgan fingerprint density at radius 3 is 2.60 bits per heavy atom. The number of carbonyl (C=O) groups is 2. The summed E-state index contributed by atoms with van der Waals surface area (Å²) >= 11 is 1.32. The predicted octanol–water partition coefficient (Wildman–Crippen LogP) is 3.75. The van der Waals surface area contributed by atoms with E-state index in [1.165, 1.54) is 17.4 Å². The molecule has 0 unspecified atom stereocenters. The lowest BCUT2D eigenvalue weighted by Crippen LogP contribution is -2.37. The summed E-state index contributed by atoms with van der Waals surface area (Å²) in [5, 5.41) is 7.12. The topological polar surface area (TPSA) is 70.7 Å². The number of benzene rings is 1. The number of hydrogen-bond donors (Lipinski definition) is 2. The van der Waals surface area contributed by atoms with Crippen LogP contribution in [0.1, 0.15) is 28.1 Å². The first-order valence-corrected chi connectivity index (χ1v) is 10.4. The predicted molar refractivity (Wildman–Crippen MR) is 109 cm³/mol. The first kappa shape index (κ1) is 22.1. The van der Waals surface area contributed by atoms with Crippen LogP contribution < -0.4 is 15.5 Å². The summed E-state index contributed by atoms with van der Waals surface area (Å²) in [6, 6.07) is 6.83. The molecular weight excluding hydrogens is 419 g/mol. The molecule has 2 heterocycles. The zero-order valence-corrected chi connectivity index (χ0v) is 16.9. The summed E-state index contributed by atoms with van der Waals surface area (Å²) < 4.78 is 44.7. The average Bonchev–Trinajstić information content (AvgIpc) is 3.26. The van der Waals surface area contributed by atoms with Crippen molar-refractivity contribution in [2.24, 2.45) is 0 Å².